The lowest BCUT2D eigenvalue weighted by molar-refractivity contribution is -0.143. The predicted octanol–water partition coefficient (Wildman–Crippen LogP) is 3.69. The highest BCUT2D eigenvalue weighted by molar-refractivity contribution is 6.30. The van der Waals surface area contributed by atoms with Crippen LogP contribution < -0.4 is 0 Å². The standard InChI is InChI=1S/C17H24ClNO2/c18-16-8-5-15(6-9-16)7-10-17(20)21-14-4-13-19-11-2-1-3-12-19/h5-6,8-9H,1-4,7,10-14H2. The van der Waals surface area contributed by atoms with E-state index in [0.717, 1.165) is 23.6 Å². The summed E-state index contributed by atoms with van der Waals surface area (Å²) in [5.41, 5.74) is 1.12. The second kappa shape index (κ2) is 9.06. The Morgan fingerprint density at radius 2 is 1.86 bits per heavy atom. The van der Waals surface area contributed by atoms with E-state index in [1.807, 2.05) is 24.3 Å². The summed E-state index contributed by atoms with van der Waals surface area (Å²) in [6, 6.07) is 7.60. The molecule has 116 valence electrons. The highest BCUT2D eigenvalue weighted by atomic mass is 35.5. The second-order valence-corrected chi connectivity index (χ2v) is 6.04. The molecule has 4 heteroatoms. The van der Waals surface area contributed by atoms with Crippen molar-refractivity contribution in [3.05, 3.63) is 34.9 Å². The Morgan fingerprint density at radius 1 is 1.14 bits per heavy atom. The highest BCUT2D eigenvalue weighted by Gasteiger charge is 2.09. The molecule has 0 aromatic heterocycles. The Kier molecular flexibility index (Phi) is 7.04. The Hall–Kier alpha value is -1.06. The fourth-order valence-corrected chi connectivity index (χ4v) is 2.75. The minimum absolute atomic E-state index is 0.108. The van der Waals surface area contributed by atoms with Gasteiger partial charge in [0.25, 0.3) is 0 Å². The fraction of sp³-hybridized carbons (Fsp3) is 0.588. The van der Waals surface area contributed by atoms with Crippen LogP contribution in [-0.2, 0) is 16.0 Å². The molecule has 0 atom stereocenters. The number of aryl methyl sites for hydroxylation is 1. The molecular formula is C17H24ClNO2. The van der Waals surface area contributed by atoms with Crippen LogP contribution in [0.25, 0.3) is 0 Å². The number of halogens is 1. The zero-order chi connectivity index (χ0) is 14.9. The minimum atomic E-state index is -0.108. The predicted molar refractivity (Wildman–Crippen MR) is 85.6 cm³/mol. The second-order valence-electron chi connectivity index (χ2n) is 5.60. The first-order chi connectivity index (χ1) is 10.2. The average Bonchev–Trinajstić information content (AvgIpc) is 2.52. The van der Waals surface area contributed by atoms with Gasteiger partial charge in [-0.1, -0.05) is 30.2 Å². The monoisotopic (exact) mass is 309 g/mol. The molecule has 0 unspecified atom stereocenters. The van der Waals surface area contributed by atoms with Gasteiger partial charge in [-0.15, -0.1) is 0 Å². The van der Waals surface area contributed by atoms with E-state index in [1.54, 1.807) is 0 Å². The largest absolute Gasteiger partial charge is 0.466 e. The molecule has 0 aliphatic carbocycles. The molecule has 1 fully saturated rings. The molecule has 1 aliphatic heterocycles. The van der Waals surface area contributed by atoms with Gasteiger partial charge in [-0.25, -0.2) is 0 Å². The number of hydrogen-bond donors (Lipinski definition) is 0. The summed E-state index contributed by atoms with van der Waals surface area (Å²) >= 11 is 5.83. The SMILES string of the molecule is O=C(CCc1ccc(Cl)cc1)OCCCN1CCCCC1. The van der Waals surface area contributed by atoms with Crippen LogP contribution in [0, 0.1) is 0 Å². The number of hydrogen-bond acceptors (Lipinski definition) is 3. The molecule has 0 N–H and O–H groups in total. The molecule has 3 nitrogen and oxygen atoms in total. The van der Waals surface area contributed by atoms with E-state index < -0.39 is 0 Å². The van der Waals surface area contributed by atoms with Gasteiger partial charge in [0.05, 0.1) is 6.61 Å². The van der Waals surface area contributed by atoms with Crippen molar-refractivity contribution in [2.45, 2.75) is 38.5 Å². The molecule has 0 bridgehead atoms. The highest BCUT2D eigenvalue weighted by Crippen LogP contribution is 2.11. The Morgan fingerprint density at radius 3 is 2.57 bits per heavy atom. The Balaban J connectivity index is 1.54. The van der Waals surface area contributed by atoms with Gasteiger partial charge in [-0.05, 0) is 56.5 Å². The van der Waals surface area contributed by atoms with Crippen molar-refractivity contribution in [2.75, 3.05) is 26.2 Å². The van der Waals surface area contributed by atoms with Gasteiger partial charge in [0, 0.05) is 18.0 Å². The Labute approximate surface area is 132 Å². The molecular weight excluding hydrogens is 286 g/mol. The van der Waals surface area contributed by atoms with Crippen LogP contribution >= 0.6 is 11.6 Å². The number of likely N-dealkylation sites (tertiary alicyclic amines) is 1. The van der Waals surface area contributed by atoms with Crippen LogP contribution in [0.3, 0.4) is 0 Å². The van der Waals surface area contributed by atoms with E-state index in [4.69, 9.17) is 16.3 Å². The van der Waals surface area contributed by atoms with E-state index in [2.05, 4.69) is 4.90 Å². The molecule has 1 heterocycles. The fourth-order valence-electron chi connectivity index (χ4n) is 2.63. The van der Waals surface area contributed by atoms with Gasteiger partial charge in [0.1, 0.15) is 0 Å². The van der Waals surface area contributed by atoms with E-state index in [9.17, 15) is 4.79 Å². The van der Waals surface area contributed by atoms with E-state index >= 15 is 0 Å². The van der Waals surface area contributed by atoms with Crippen molar-refractivity contribution in [2.24, 2.45) is 0 Å². The van der Waals surface area contributed by atoms with Crippen molar-refractivity contribution >= 4 is 17.6 Å². The van der Waals surface area contributed by atoms with Crippen molar-refractivity contribution in [1.29, 1.82) is 0 Å². The molecule has 1 aliphatic rings. The van der Waals surface area contributed by atoms with Crippen molar-refractivity contribution in [3.8, 4) is 0 Å². The maximum atomic E-state index is 11.7. The van der Waals surface area contributed by atoms with E-state index in [-0.39, 0.29) is 5.97 Å². The topological polar surface area (TPSA) is 29.5 Å². The quantitative estimate of drug-likeness (QED) is 0.568. The summed E-state index contributed by atoms with van der Waals surface area (Å²) in [5.74, 6) is -0.108. The van der Waals surface area contributed by atoms with Crippen LogP contribution in [0.5, 0.6) is 0 Å². The lowest BCUT2D eigenvalue weighted by atomic mass is 10.1. The third-order valence-electron chi connectivity index (χ3n) is 3.86. The van der Waals surface area contributed by atoms with Crippen molar-refractivity contribution in [1.82, 2.24) is 4.90 Å². The first-order valence-electron chi connectivity index (χ1n) is 7.86. The summed E-state index contributed by atoms with van der Waals surface area (Å²) < 4.78 is 5.29. The summed E-state index contributed by atoms with van der Waals surface area (Å²) in [6.45, 7) is 3.98. The summed E-state index contributed by atoms with van der Waals surface area (Å²) in [6.07, 6.45) is 6.05. The molecule has 1 saturated heterocycles. The van der Waals surface area contributed by atoms with Gasteiger partial charge >= 0.3 is 5.97 Å². The first kappa shape index (κ1) is 16.3. The first-order valence-corrected chi connectivity index (χ1v) is 8.24. The summed E-state index contributed by atoms with van der Waals surface area (Å²) in [5, 5.41) is 0.721. The smallest absolute Gasteiger partial charge is 0.306 e. The number of rotatable bonds is 7. The third kappa shape index (κ3) is 6.49. The molecule has 2 rings (SSSR count). The maximum Gasteiger partial charge on any atom is 0.306 e. The Bertz CT molecular complexity index is 427. The number of nitrogens with zero attached hydrogens (tertiary/aromatic N) is 1. The molecule has 1 aromatic carbocycles. The lowest BCUT2D eigenvalue weighted by Gasteiger charge is -2.26. The van der Waals surface area contributed by atoms with E-state index in [0.29, 0.717) is 19.4 Å². The molecule has 0 radical (unpaired) electrons. The zero-order valence-corrected chi connectivity index (χ0v) is 13.3. The normalized spacial score (nSPS) is 15.9. The van der Waals surface area contributed by atoms with Crippen LogP contribution in [0.2, 0.25) is 5.02 Å². The average molecular weight is 310 g/mol. The molecule has 0 amide bonds. The maximum absolute atomic E-state index is 11.7. The van der Waals surface area contributed by atoms with Crippen molar-refractivity contribution < 1.29 is 9.53 Å². The number of carbonyl (C=O) groups excluding carboxylic acids is 1. The third-order valence-corrected chi connectivity index (χ3v) is 4.11. The number of piperidine rings is 1. The van der Waals surface area contributed by atoms with Gasteiger partial charge in [-0.3, -0.25) is 4.79 Å². The number of ether oxygens (including phenoxy) is 1. The number of benzene rings is 1. The van der Waals surface area contributed by atoms with Gasteiger partial charge in [0.2, 0.25) is 0 Å². The minimum Gasteiger partial charge on any atom is -0.466 e. The summed E-state index contributed by atoms with van der Waals surface area (Å²) in [4.78, 5) is 14.1. The molecule has 21 heavy (non-hydrogen) atoms. The van der Waals surface area contributed by atoms with Crippen LogP contribution in [-0.4, -0.2) is 37.1 Å². The molecule has 0 saturated carbocycles. The van der Waals surface area contributed by atoms with E-state index in [1.165, 1.54) is 32.4 Å². The van der Waals surface area contributed by atoms with Crippen molar-refractivity contribution in [3.63, 3.8) is 0 Å². The number of esters is 1. The molecule has 1 aromatic rings. The summed E-state index contributed by atoms with van der Waals surface area (Å²) in [7, 11) is 0. The zero-order valence-electron chi connectivity index (χ0n) is 12.5. The molecule has 0 spiro atoms. The van der Waals surface area contributed by atoms with Gasteiger partial charge in [0.15, 0.2) is 0 Å². The van der Waals surface area contributed by atoms with Crippen LogP contribution in [0.4, 0.5) is 0 Å². The van der Waals surface area contributed by atoms with Crippen LogP contribution in [0.1, 0.15) is 37.7 Å². The van der Waals surface area contributed by atoms with Gasteiger partial charge in [-0.2, -0.15) is 0 Å². The number of carbonyl (C=O) groups is 1. The van der Waals surface area contributed by atoms with Crippen LogP contribution in [0.15, 0.2) is 24.3 Å². The lowest BCUT2D eigenvalue weighted by Crippen LogP contribution is -2.31. The van der Waals surface area contributed by atoms with Gasteiger partial charge < -0.3 is 9.64 Å².